The molecule has 3 aromatic rings. The summed E-state index contributed by atoms with van der Waals surface area (Å²) in [5.41, 5.74) is 2.30. The largest absolute Gasteiger partial charge is 0.352 e. The summed E-state index contributed by atoms with van der Waals surface area (Å²) in [6.45, 7) is 7.41. The fourth-order valence-electron chi connectivity index (χ4n) is 4.56. The summed E-state index contributed by atoms with van der Waals surface area (Å²) in [5, 5.41) is 2.92. The number of para-hydroxylation sites is 1. The van der Waals surface area contributed by atoms with Gasteiger partial charge in [0.25, 0.3) is 10.0 Å². The van der Waals surface area contributed by atoms with Crippen LogP contribution in [0.5, 0.6) is 0 Å². The molecular weight excluding hydrogens is 510 g/mol. The molecule has 0 fully saturated rings. The summed E-state index contributed by atoms with van der Waals surface area (Å²) in [4.78, 5) is 28.9. The highest BCUT2D eigenvalue weighted by atomic mass is 32.2. The first kappa shape index (κ1) is 29.9. The lowest BCUT2D eigenvalue weighted by Crippen LogP contribution is -2.54. The van der Waals surface area contributed by atoms with Crippen molar-refractivity contribution in [3.63, 3.8) is 0 Å². The van der Waals surface area contributed by atoms with Crippen LogP contribution in [0.4, 0.5) is 5.69 Å². The van der Waals surface area contributed by atoms with E-state index in [1.165, 1.54) is 21.3 Å². The van der Waals surface area contributed by atoms with Gasteiger partial charge in [-0.25, -0.2) is 8.42 Å². The van der Waals surface area contributed by atoms with Gasteiger partial charge in [-0.2, -0.15) is 0 Å². The average molecular weight is 550 g/mol. The molecule has 0 aliphatic rings. The van der Waals surface area contributed by atoms with E-state index in [9.17, 15) is 18.0 Å². The number of aryl methyl sites for hydroxylation is 1. The Balaban J connectivity index is 2.03. The SMILES string of the molecule is CCc1ccccc1N(CC(=O)N(CCc1ccccc1)C(CC)C(=O)NC(C)C)S(=O)(=O)c1ccccc1. The maximum absolute atomic E-state index is 14.1. The molecule has 0 aromatic heterocycles. The summed E-state index contributed by atoms with van der Waals surface area (Å²) in [6.07, 6.45) is 1.53. The van der Waals surface area contributed by atoms with Gasteiger partial charge in [0.2, 0.25) is 11.8 Å². The van der Waals surface area contributed by atoms with E-state index in [1.807, 2.05) is 70.2 Å². The Hall–Kier alpha value is -3.65. The second-order valence-electron chi connectivity index (χ2n) is 9.72. The van der Waals surface area contributed by atoms with Gasteiger partial charge in [0.1, 0.15) is 12.6 Å². The molecule has 7 nitrogen and oxygen atoms in total. The minimum atomic E-state index is -4.07. The van der Waals surface area contributed by atoms with Crippen LogP contribution in [-0.4, -0.2) is 50.3 Å². The average Bonchev–Trinajstić information content (AvgIpc) is 2.94. The van der Waals surface area contributed by atoms with E-state index in [0.29, 0.717) is 24.9 Å². The van der Waals surface area contributed by atoms with Crippen molar-refractivity contribution in [2.24, 2.45) is 0 Å². The Morgan fingerprint density at radius 1 is 0.846 bits per heavy atom. The number of anilines is 1. The van der Waals surface area contributed by atoms with Gasteiger partial charge in [0.05, 0.1) is 10.6 Å². The molecule has 39 heavy (non-hydrogen) atoms. The van der Waals surface area contributed by atoms with E-state index in [0.717, 1.165) is 11.1 Å². The van der Waals surface area contributed by atoms with Crippen molar-refractivity contribution in [1.82, 2.24) is 10.2 Å². The number of benzene rings is 3. The van der Waals surface area contributed by atoms with E-state index in [4.69, 9.17) is 0 Å². The smallest absolute Gasteiger partial charge is 0.264 e. The van der Waals surface area contributed by atoms with Crippen molar-refractivity contribution < 1.29 is 18.0 Å². The number of nitrogens with one attached hydrogen (secondary N) is 1. The van der Waals surface area contributed by atoms with Gasteiger partial charge in [-0.15, -0.1) is 0 Å². The Morgan fingerprint density at radius 2 is 1.44 bits per heavy atom. The van der Waals surface area contributed by atoms with E-state index < -0.39 is 28.5 Å². The minimum absolute atomic E-state index is 0.0935. The molecule has 3 aromatic carbocycles. The van der Waals surface area contributed by atoms with E-state index in [2.05, 4.69) is 5.32 Å². The lowest BCUT2D eigenvalue weighted by Gasteiger charge is -2.34. The number of hydrogen-bond acceptors (Lipinski definition) is 4. The van der Waals surface area contributed by atoms with E-state index in [1.54, 1.807) is 30.3 Å². The molecule has 1 unspecified atom stereocenters. The van der Waals surface area contributed by atoms with Crippen LogP contribution < -0.4 is 9.62 Å². The van der Waals surface area contributed by atoms with Crippen LogP contribution in [-0.2, 0) is 32.5 Å². The number of amides is 2. The van der Waals surface area contributed by atoms with Crippen molar-refractivity contribution in [2.75, 3.05) is 17.4 Å². The third-order valence-corrected chi connectivity index (χ3v) is 8.33. The molecule has 2 amide bonds. The Morgan fingerprint density at radius 3 is 2.03 bits per heavy atom. The number of nitrogens with zero attached hydrogens (tertiary/aromatic N) is 2. The lowest BCUT2D eigenvalue weighted by atomic mass is 10.1. The zero-order valence-corrected chi connectivity index (χ0v) is 24.0. The summed E-state index contributed by atoms with van der Waals surface area (Å²) >= 11 is 0. The zero-order valence-electron chi connectivity index (χ0n) is 23.2. The van der Waals surface area contributed by atoms with Crippen LogP contribution in [0.25, 0.3) is 0 Å². The first-order valence-electron chi connectivity index (χ1n) is 13.5. The number of hydrogen-bond donors (Lipinski definition) is 1. The Bertz CT molecular complexity index is 1330. The first-order chi connectivity index (χ1) is 18.7. The van der Waals surface area contributed by atoms with Gasteiger partial charge >= 0.3 is 0 Å². The van der Waals surface area contributed by atoms with Crippen molar-refractivity contribution in [1.29, 1.82) is 0 Å². The van der Waals surface area contributed by atoms with Crippen molar-refractivity contribution in [2.45, 2.75) is 63.9 Å². The van der Waals surface area contributed by atoms with Crippen LogP contribution >= 0.6 is 0 Å². The topological polar surface area (TPSA) is 86.8 Å². The third-order valence-electron chi connectivity index (χ3n) is 6.55. The second-order valence-corrected chi connectivity index (χ2v) is 11.6. The molecule has 0 radical (unpaired) electrons. The normalized spacial score (nSPS) is 12.1. The van der Waals surface area contributed by atoms with Crippen molar-refractivity contribution >= 4 is 27.5 Å². The minimum Gasteiger partial charge on any atom is -0.352 e. The summed E-state index contributed by atoms with van der Waals surface area (Å²) in [5.74, 6) is -0.678. The Kier molecular flexibility index (Phi) is 10.7. The standard InChI is InChI=1S/C31H39N3O4S/c1-5-26-17-13-14-20-29(26)34(39(37,38)27-18-11-8-12-19-27)23-30(35)33(22-21-25-15-9-7-10-16-25)28(6-2)31(36)32-24(3)4/h7-20,24,28H,5-6,21-23H2,1-4H3,(H,32,36). The molecule has 0 heterocycles. The zero-order chi connectivity index (χ0) is 28.4. The quantitative estimate of drug-likeness (QED) is 0.331. The number of sulfonamides is 1. The molecule has 1 N–H and O–H groups in total. The molecule has 0 bridgehead atoms. The fourth-order valence-corrected chi connectivity index (χ4v) is 6.04. The van der Waals surface area contributed by atoms with Crippen LogP contribution in [0.2, 0.25) is 0 Å². The van der Waals surface area contributed by atoms with Gasteiger partial charge in [-0.05, 0) is 62.4 Å². The molecule has 208 valence electrons. The molecule has 1 atom stereocenters. The van der Waals surface area contributed by atoms with E-state index in [-0.39, 0.29) is 23.4 Å². The summed E-state index contributed by atoms with van der Waals surface area (Å²) in [6, 6.07) is 24.3. The summed E-state index contributed by atoms with van der Waals surface area (Å²) in [7, 11) is -4.07. The molecule has 0 spiro atoms. The number of carbonyl (C=O) groups excluding carboxylic acids is 2. The van der Waals surface area contributed by atoms with Gasteiger partial charge in [0.15, 0.2) is 0 Å². The predicted octanol–water partition coefficient (Wildman–Crippen LogP) is 4.82. The third kappa shape index (κ3) is 7.69. The molecule has 0 aliphatic heterocycles. The van der Waals surface area contributed by atoms with Crippen molar-refractivity contribution in [3.8, 4) is 0 Å². The molecule has 0 aliphatic carbocycles. The van der Waals surface area contributed by atoms with Crippen LogP contribution in [0, 0.1) is 0 Å². The Labute approximate surface area is 232 Å². The van der Waals surface area contributed by atoms with Gasteiger partial charge in [-0.1, -0.05) is 80.6 Å². The van der Waals surface area contributed by atoms with Crippen LogP contribution in [0.3, 0.4) is 0 Å². The van der Waals surface area contributed by atoms with Crippen LogP contribution in [0.15, 0.2) is 89.8 Å². The molecule has 0 saturated heterocycles. The fraction of sp³-hybridized carbons (Fsp3) is 0.355. The van der Waals surface area contributed by atoms with Gasteiger partial charge in [0, 0.05) is 12.6 Å². The molecule has 8 heteroatoms. The predicted molar refractivity (Wildman–Crippen MR) is 156 cm³/mol. The van der Waals surface area contributed by atoms with E-state index >= 15 is 0 Å². The van der Waals surface area contributed by atoms with Gasteiger partial charge < -0.3 is 10.2 Å². The number of rotatable bonds is 13. The van der Waals surface area contributed by atoms with Crippen LogP contribution in [0.1, 0.15) is 45.2 Å². The second kappa shape index (κ2) is 13.9. The highest BCUT2D eigenvalue weighted by Crippen LogP contribution is 2.28. The molecule has 0 saturated carbocycles. The maximum Gasteiger partial charge on any atom is 0.264 e. The highest BCUT2D eigenvalue weighted by molar-refractivity contribution is 7.92. The van der Waals surface area contributed by atoms with Gasteiger partial charge in [-0.3, -0.25) is 13.9 Å². The maximum atomic E-state index is 14.1. The highest BCUT2D eigenvalue weighted by Gasteiger charge is 2.34. The van der Waals surface area contributed by atoms with Crippen molar-refractivity contribution in [3.05, 3.63) is 96.1 Å². The summed E-state index contributed by atoms with van der Waals surface area (Å²) < 4.78 is 29.1. The lowest BCUT2D eigenvalue weighted by molar-refractivity contribution is -0.139. The first-order valence-corrected chi connectivity index (χ1v) is 14.9. The number of carbonyl (C=O) groups is 2. The molecule has 3 rings (SSSR count). The monoisotopic (exact) mass is 549 g/mol. The molecular formula is C31H39N3O4S.